The number of hydrogen-bond donors (Lipinski definition) is 1. The summed E-state index contributed by atoms with van der Waals surface area (Å²) in [5, 5.41) is 0. The zero-order chi connectivity index (χ0) is 15.8. The average molecular weight is 298 g/mol. The van der Waals surface area contributed by atoms with Crippen molar-refractivity contribution in [1.82, 2.24) is 4.90 Å². The summed E-state index contributed by atoms with van der Waals surface area (Å²) < 4.78 is 5.81. The molecule has 0 aliphatic carbocycles. The van der Waals surface area contributed by atoms with Gasteiger partial charge in [-0.3, -0.25) is 0 Å². The fraction of sp³-hybridized carbons (Fsp3) is 0.368. The normalized spacial score (nSPS) is 10.9. The van der Waals surface area contributed by atoms with Gasteiger partial charge in [-0.1, -0.05) is 36.4 Å². The Morgan fingerprint density at radius 3 is 2.41 bits per heavy atom. The fourth-order valence-electron chi connectivity index (χ4n) is 2.41. The first-order chi connectivity index (χ1) is 10.6. The first-order valence-corrected chi connectivity index (χ1v) is 7.85. The molecule has 0 radical (unpaired) electrons. The molecule has 0 saturated heterocycles. The third-order valence-corrected chi connectivity index (χ3v) is 3.64. The summed E-state index contributed by atoms with van der Waals surface area (Å²) in [7, 11) is 4.19. The molecule has 22 heavy (non-hydrogen) atoms. The number of nitrogens with zero attached hydrogens (tertiary/aromatic N) is 1. The Bertz CT molecular complexity index is 567. The van der Waals surface area contributed by atoms with Gasteiger partial charge in [0.1, 0.15) is 5.75 Å². The second-order valence-corrected chi connectivity index (χ2v) is 5.86. The SMILES string of the molecule is CN(C)CCCc1ccc(OCCc2ccccc2)c(N)c1. The Kier molecular flexibility index (Phi) is 6.28. The van der Waals surface area contributed by atoms with Crippen molar-refractivity contribution in [3.63, 3.8) is 0 Å². The van der Waals surface area contributed by atoms with Crippen LogP contribution in [0.15, 0.2) is 48.5 Å². The van der Waals surface area contributed by atoms with Crippen LogP contribution in [0, 0.1) is 0 Å². The van der Waals surface area contributed by atoms with Crippen molar-refractivity contribution in [2.45, 2.75) is 19.3 Å². The molecule has 0 aromatic heterocycles. The van der Waals surface area contributed by atoms with Gasteiger partial charge in [0, 0.05) is 6.42 Å². The number of rotatable bonds is 8. The summed E-state index contributed by atoms with van der Waals surface area (Å²) in [5.74, 6) is 0.785. The van der Waals surface area contributed by atoms with Crippen molar-refractivity contribution in [3.8, 4) is 5.75 Å². The molecule has 0 bridgehead atoms. The Morgan fingerprint density at radius 2 is 1.73 bits per heavy atom. The summed E-state index contributed by atoms with van der Waals surface area (Å²) in [5.41, 5.74) is 9.38. The first-order valence-electron chi connectivity index (χ1n) is 7.85. The quantitative estimate of drug-likeness (QED) is 0.759. The van der Waals surface area contributed by atoms with Gasteiger partial charge in [-0.15, -0.1) is 0 Å². The van der Waals surface area contributed by atoms with Crippen LogP contribution in [0.5, 0.6) is 5.75 Å². The largest absolute Gasteiger partial charge is 0.491 e. The highest BCUT2D eigenvalue weighted by Gasteiger charge is 2.03. The highest BCUT2D eigenvalue weighted by atomic mass is 16.5. The maximum Gasteiger partial charge on any atom is 0.142 e. The van der Waals surface area contributed by atoms with Gasteiger partial charge in [0.05, 0.1) is 12.3 Å². The lowest BCUT2D eigenvalue weighted by molar-refractivity contribution is 0.323. The Balaban J connectivity index is 1.82. The number of benzene rings is 2. The molecule has 0 aliphatic rings. The molecule has 2 rings (SSSR count). The highest BCUT2D eigenvalue weighted by Crippen LogP contribution is 2.23. The van der Waals surface area contributed by atoms with Gasteiger partial charge in [0.2, 0.25) is 0 Å². The zero-order valence-corrected chi connectivity index (χ0v) is 13.6. The van der Waals surface area contributed by atoms with Crippen molar-refractivity contribution >= 4 is 5.69 Å². The molecule has 3 nitrogen and oxygen atoms in total. The molecular weight excluding hydrogens is 272 g/mol. The molecule has 118 valence electrons. The predicted octanol–water partition coefficient (Wildman–Crippen LogP) is 3.38. The second-order valence-electron chi connectivity index (χ2n) is 5.86. The van der Waals surface area contributed by atoms with Crippen LogP contribution in [-0.4, -0.2) is 32.1 Å². The second kappa shape index (κ2) is 8.44. The minimum Gasteiger partial charge on any atom is -0.491 e. The summed E-state index contributed by atoms with van der Waals surface area (Å²) in [6, 6.07) is 16.5. The smallest absolute Gasteiger partial charge is 0.142 e. The van der Waals surface area contributed by atoms with E-state index in [-0.39, 0.29) is 0 Å². The summed E-state index contributed by atoms with van der Waals surface area (Å²) in [6.45, 7) is 1.74. The van der Waals surface area contributed by atoms with E-state index in [4.69, 9.17) is 10.5 Å². The molecule has 0 atom stereocenters. The van der Waals surface area contributed by atoms with Crippen molar-refractivity contribution in [1.29, 1.82) is 0 Å². The molecule has 2 aromatic rings. The van der Waals surface area contributed by atoms with E-state index >= 15 is 0 Å². The van der Waals surface area contributed by atoms with Gasteiger partial charge in [-0.2, -0.15) is 0 Å². The Morgan fingerprint density at radius 1 is 0.955 bits per heavy atom. The van der Waals surface area contributed by atoms with Crippen LogP contribution < -0.4 is 10.5 Å². The van der Waals surface area contributed by atoms with Crippen LogP contribution >= 0.6 is 0 Å². The standard InChI is InChI=1S/C19H26N2O/c1-21(2)13-6-9-17-10-11-19(18(20)15-17)22-14-12-16-7-4-3-5-8-16/h3-5,7-8,10-11,15H,6,9,12-14,20H2,1-2H3. The molecule has 3 heteroatoms. The lowest BCUT2D eigenvalue weighted by Gasteiger charge is -2.12. The fourth-order valence-corrected chi connectivity index (χ4v) is 2.41. The topological polar surface area (TPSA) is 38.5 Å². The number of aryl methyl sites for hydroxylation is 1. The van der Waals surface area contributed by atoms with Gasteiger partial charge in [-0.05, 0) is 56.7 Å². The van der Waals surface area contributed by atoms with Crippen LogP contribution in [0.1, 0.15) is 17.5 Å². The van der Waals surface area contributed by atoms with E-state index in [2.05, 4.69) is 37.2 Å². The zero-order valence-electron chi connectivity index (χ0n) is 13.6. The van der Waals surface area contributed by atoms with Crippen LogP contribution in [0.3, 0.4) is 0 Å². The lowest BCUT2D eigenvalue weighted by atomic mass is 10.1. The van der Waals surface area contributed by atoms with Crippen LogP contribution in [0.2, 0.25) is 0 Å². The maximum atomic E-state index is 6.10. The highest BCUT2D eigenvalue weighted by molar-refractivity contribution is 5.54. The Labute approximate surface area is 133 Å². The van der Waals surface area contributed by atoms with Gasteiger partial charge in [-0.25, -0.2) is 0 Å². The van der Waals surface area contributed by atoms with Crippen molar-refractivity contribution in [2.24, 2.45) is 0 Å². The van der Waals surface area contributed by atoms with Crippen LogP contribution in [-0.2, 0) is 12.8 Å². The van der Waals surface area contributed by atoms with Crippen molar-refractivity contribution < 1.29 is 4.74 Å². The number of nitrogens with two attached hydrogens (primary N) is 1. The summed E-state index contributed by atoms with van der Waals surface area (Å²) in [6.07, 6.45) is 3.08. The van der Waals surface area contributed by atoms with Gasteiger partial charge in [0.15, 0.2) is 0 Å². The molecule has 0 aliphatic heterocycles. The molecule has 2 aromatic carbocycles. The lowest BCUT2D eigenvalue weighted by Crippen LogP contribution is -2.13. The van der Waals surface area contributed by atoms with Crippen LogP contribution in [0.25, 0.3) is 0 Å². The van der Waals surface area contributed by atoms with E-state index in [1.807, 2.05) is 30.3 Å². The number of hydrogen-bond acceptors (Lipinski definition) is 3. The molecule has 0 amide bonds. The predicted molar refractivity (Wildman–Crippen MR) is 93.4 cm³/mol. The Hall–Kier alpha value is -2.00. The third-order valence-electron chi connectivity index (χ3n) is 3.64. The number of ether oxygens (including phenoxy) is 1. The first kappa shape index (κ1) is 16.4. The molecule has 2 N–H and O–H groups in total. The van der Waals surface area contributed by atoms with E-state index in [0.717, 1.165) is 37.2 Å². The molecule has 0 heterocycles. The maximum absolute atomic E-state index is 6.10. The van der Waals surface area contributed by atoms with Crippen LogP contribution in [0.4, 0.5) is 5.69 Å². The minimum atomic E-state index is 0.647. The van der Waals surface area contributed by atoms with Crippen molar-refractivity contribution in [3.05, 3.63) is 59.7 Å². The van der Waals surface area contributed by atoms with Gasteiger partial charge in [0.25, 0.3) is 0 Å². The number of anilines is 1. The molecule has 0 fully saturated rings. The monoisotopic (exact) mass is 298 g/mol. The molecule has 0 saturated carbocycles. The van der Waals surface area contributed by atoms with E-state index in [9.17, 15) is 0 Å². The summed E-state index contributed by atoms with van der Waals surface area (Å²) >= 11 is 0. The molecular formula is C19H26N2O. The van der Waals surface area contributed by atoms with Gasteiger partial charge >= 0.3 is 0 Å². The van der Waals surface area contributed by atoms with E-state index in [1.165, 1.54) is 11.1 Å². The van der Waals surface area contributed by atoms with Gasteiger partial charge < -0.3 is 15.4 Å². The van der Waals surface area contributed by atoms with E-state index in [1.54, 1.807) is 0 Å². The molecule has 0 unspecified atom stereocenters. The summed E-state index contributed by atoms with van der Waals surface area (Å²) in [4.78, 5) is 2.20. The van der Waals surface area contributed by atoms with E-state index < -0.39 is 0 Å². The number of nitrogen functional groups attached to an aromatic ring is 1. The minimum absolute atomic E-state index is 0.647. The third kappa shape index (κ3) is 5.41. The average Bonchev–Trinajstić information content (AvgIpc) is 2.50. The van der Waals surface area contributed by atoms with E-state index in [0.29, 0.717) is 6.61 Å². The molecule has 0 spiro atoms. The van der Waals surface area contributed by atoms with Crippen molar-refractivity contribution in [2.75, 3.05) is 33.0 Å².